The SMILES string of the molecule is CCCCCOC1CCC([C@H](C(=O)NO)N(Cc2ccncc2)S(=O)(=O)c2ccc(OC)cc2)CC1.Cl. The number of benzene rings is 1. The molecule has 0 radical (unpaired) electrons. The van der Waals surface area contributed by atoms with E-state index in [4.69, 9.17) is 9.47 Å². The van der Waals surface area contributed by atoms with Crippen molar-refractivity contribution in [2.24, 2.45) is 5.92 Å². The molecule has 37 heavy (non-hydrogen) atoms. The number of carbonyl (C=O) groups excluding carboxylic acids is 1. The second-order valence-electron chi connectivity index (χ2n) is 9.12. The summed E-state index contributed by atoms with van der Waals surface area (Å²) in [5, 5.41) is 9.60. The van der Waals surface area contributed by atoms with E-state index >= 15 is 0 Å². The summed E-state index contributed by atoms with van der Waals surface area (Å²) in [5.41, 5.74) is 2.41. The quantitative estimate of drug-likeness (QED) is 0.214. The highest BCUT2D eigenvalue weighted by Crippen LogP contribution is 2.34. The zero-order valence-corrected chi connectivity index (χ0v) is 23.0. The molecule has 2 N–H and O–H groups in total. The van der Waals surface area contributed by atoms with Crippen LogP contribution in [0, 0.1) is 5.92 Å². The molecule has 11 heteroatoms. The van der Waals surface area contributed by atoms with E-state index in [0.717, 1.165) is 32.1 Å². The van der Waals surface area contributed by atoms with Gasteiger partial charge in [-0.2, -0.15) is 4.31 Å². The molecular formula is C26H38ClN3O6S. The van der Waals surface area contributed by atoms with Crippen LogP contribution in [0.5, 0.6) is 5.75 Å². The molecule has 1 amide bonds. The predicted octanol–water partition coefficient (Wildman–Crippen LogP) is 4.34. The second kappa shape index (κ2) is 15.2. The lowest BCUT2D eigenvalue weighted by atomic mass is 9.82. The highest BCUT2D eigenvalue weighted by atomic mass is 35.5. The minimum absolute atomic E-state index is 0. The molecule has 9 nitrogen and oxygen atoms in total. The first-order valence-corrected chi connectivity index (χ1v) is 13.9. The molecule has 0 bridgehead atoms. The van der Waals surface area contributed by atoms with Crippen molar-refractivity contribution in [3.05, 3.63) is 54.4 Å². The molecule has 1 aromatic heterocycles. The van der Waals surface area contributed by atoms with E-state index < -0.39 is 22.0 Å². The monoisotopic (exact) mass is 555 g/mol. The van der Waals surface area contributed by atoms with Crippen molar-refractivity contribution < 1.29 is 27.9 Å². The Morgan fingerprint density at radius 3 is 2.32 bits per heavy atom. The number of halogens is 1. The molecule has 0 saturated heterocycles. The Balaban J connectivity index is 0.00000481. The Labute approximate surface area is 226 Å². The summed E-state index contributed by atoms with van der Waals surface area (Å²) in [6.07, 6.45) is 9.23. The normalized spacial score (nSPS) is 18.6. The predicted molar refractivity (Wildman–Crippen MR) is 142 cm³/mol. The van der Waals surface area contributed by atoms with Crippen LogP contribution in [0.4, 0.5) is 0 Å². The number of pyridine rings is 1. The van der Waals surface area contributed by atoms with Gasteiger partial charge in [-0.1, -0.05) is 19.8 Å². The van der Waals surface area contributed by atoms with Gasteiger partial charge >= 0.3 is 0 Å². The van der Waals surface area contributed by atoms with Gasteiger partial charge in [-0.15, -0.1) is 12.4 Å². The number of sulfonamides is 1. The van der Waals surface area contributed by atoms with Gasteiger partial charge in [0.2, 0.25) is 10.0 Å². The van der Waals surface area contributed by atoms with Crippen LogP contribution in [0.1, 0.15) is 57.4 Å². The van der Waals surface area contributed by atoms with E-state index in [9.17, 15) is 18.4 Å². The third-order valence-electron chi connectivity index (χ3n) is 6.71. The number of hydrogen-bond donors (Lipinski definition) is 2. The van der Waals surface area contributed by atoms with Gasteiger partial charge in [-0.05, 0) is 80.0 Å². The molecule has 0 aliphatic heterocycles. The summed E-state index contributed by atoms with van der Waals surface area (Å²) in [4.78, 5) is 17.1. The fourth-order valence-electron chi connectivity index (χ4n) is 4.70. The van der Waals surface area contributed by atoms with Gasteiger partial charge < -0.3 is 9.47 Å². The average Bonchev–Trinajstić information content (AvgIpc) is 2.92. The Kier molecular flexibility index (Phi) is 12.8. The third-order valence-corrected chi connectivity index (χ3v) is 8.55. The number of carbonyl (C=O) groups is 1. The van der Waals surface area contributed by atoms with Crippen LogP contribution in [-0.4, -0.2) is 54.7 Å². The largest absolute Gasteiger partial charge is 0.497 e. The van der Waals surface area contributed by atoms with E-state index in [-0.39, 0.29) is 35.9 Å². The van der Waals surface area contributed by atoms with Crippen molar-refractivity contribution in [1.29, 1.82) is 0 Å². The first kappa shape index (κ1) is 31.0. The number of nitrogens with one attached hydrogen (secondary N) is 1. The summed E-state index contributed by atoms with van der Waals surface area (Å²) in [6, 6.07) is 8.40. The van der Waals surface area contributed by atoms with Crippen molar-refractivity contribution >= 4 is 28.3 Å². The van der Waals surface area contributed by atoms with E-state index in [2.05, 4.69) is 11.9 Å². The summed E-state index contributed by atoms with van der Waals surface area (Å²) >= 11 is 0. The molecule has 1 fully saturated rings. The molecule has 1 aliphatic carbocycles. The van der Waals surface area contributed by atoms with Gasteiger partial charge in [0.25, 0.3) is 5.91 Å². The maximum Gasteiger partial charge on any atom is 0.262 e. The van der Waals surface area contributed by atoms with Crippen molar-refractivity contribution in [2.75, 3.05) is 13.7 Å². The topological polar surface area (TPSA) is 118 Å². The summed E-state index contributed by atoms with van der Waals surface area (Å²) < 4.78 is 40.2. The van der Waals surface area contributed by atoms with Crippen molar-refractivity contribution in [2.45, 2.75) is 75.5 Å². The Bertz CT molecular complexity index is 1050. The Hall–Kier alpha value is -2.24. The second-order valence-corrected chi connectivity index (χ2v) is 11.0. The van der Waals surface area contributed by atoms with Gasteiger partial charge in [0.15, 0.2) is 0 Å². The zero-order chi connectivity index (χ0) is 26.0. The molecule has 0 spiro atoms. The fourth-order valence-corrected chi connectivity index (χ4v) is 6.34. The van der Waals surface area contributed by atoms with Crippen LogP contribution in [0.25, 0.3) is 0 Å². The van der Waals surface area contributed by atoms with E-state index in [1.807, 2.05) is 0 Å². The molecular weight excluding hydrogens is 518 g/mol. The van der Waals surface area contributed by atoms with Crippen LogP contribution in [-0.2, 0) is 26.1 Å². The smallest absolute Gasteiger partial charge is 0.262 e. The molecule has 1 aromatic carbocycles. The molecule has 1 saturated carbocycles. The molecule has 1 atom stereocenters. The van der Waals surface area contributed by atoms with Crippen LogP contribution in [0.3, 0.4) is 0 Å². The molecule has 3 rings (SSSR count). The summed E-state index contributed by atoms with van der Waals surface area (Å²) in [7, 11) is -2.60. The van der Waals surface area contributed by atoms with Crippen LogP contribution in [0.2, 0.25) is 0 Å². The number of hydrogen-bond acceptors (Lipinski definition) is 7. The number of hydroxylamine groups is 1. The molecule has 2 aromatic rings. The van der Waals surface area contributed by atoms with Gasteiger partial charge in [0.1, 0.15) is 11.8 Å². The first-order valence-electron chi connectivity index (χ1n) is 12.5. The standard InChI is InChI=1S/C26H37N3O6S.ClH/c1-3-4-5-18-35-23-8-6-21(7-9-23)25(26(30)28-31)29(19-20-14-16-27-17-15-20)36(32,33)24-12-10-22(34-2)11-13-24;/h10-17,21,23,25,31H,3-9,18-19H2,1-2H3,(H,28,30);1H/t21?,23?,25-;/m1./s1. The molecule has 0 unspecified atom stereocenters. The number of methoxy groups -OCH3 is 1. The van der Waals surface area contributed by atoms with Gasteiger partial charge in [-0.3, -0.25) is 15.0 Å². The first-order chi connectivity index (χ1) is 17.4. The Morgan fingerprint density at radius 2 is 1.76 bits per heavy atom. The van der Waals surface area contributed by atoms with Crippen molar-refractivity contribution in [3.8, 4) is 5.75 Å². The van der Waals surface area contributed by atoms with Crippen molar-refractivity contribution in [1.82, 2.24) is 14.8 Å². The number of nitrogens with zero attached hydrogens (tertiary/aromatic N) is 2. The highest BCUT2D eigenvalue weighted by molar-refractivity contribution is 7.89. The lowest BCUT2D eigenvalue weighted by molar-refractivity contribution is -0.136. The fraction of sp³-hybridized carbons (Fsp3) is 0.538. The molecule has 1 heterocycles. The van der Waals surface area contributed by atoms with E-state index in [0.29, 0.717) is 30.8 Å². The number of aromatic nitrogens is 1. The number of ether oxygens (including phenoxy) is 2. The minimum atomic E-state index is -4.11. The Morgan fingerprint density at radius 1 is 1.11 bits per heavy atom. The lowest BCUT2D eigenvalue weighted by Crippen LogP contribution is -2.53. The van der Waals surface area contributed by atoms with E-state index in [1.165, 1.54) is 23.5 Å². The van der Waals surface area contributed by atoms with Crippen molar-refractivity contribution in [3.63, 3.8) is 0 Å². The van der Waals surface area contributed by atoms with E-state index in [1.54, 1.807) is 42.1 Å². The van der Waals surface area contributed by atoms with Crippen LogP contribution in [0.15, 0.2) is 53.7 Å². The van der Waals surface area contributed by atoms with Gasteiger partial charge in [-0.25, -0.2) is 13.9 Å². The maximum atomic E-state index is 13.9. The average molecular weight is 556 g/mol. The third kappa shape index (κ3) is 8.38. The van der Waals surface area contributed by atoms with Crippen LogP contribution < -0.4 is 10.2 Å². The van der Waals surface area contributed by atoms with Gasteiger partial charge in [0, 0.05) is 25.5 Å². The molecule has 206 valence electrons. The number of amides is 1. The number of unbranched alkanes of at least 4 members (excludes halogenated alkanes) is 2. The highest BCUT2D eigenvalue weighted by Gasteiger charge is 2.42. The van der Waals surface area contributed by atoms with Crippen LogP contribution >= 0.6 is 12.4 Å². The zero-order valence-electron chi connectivity index (χ0n) is 21.4. The minimum Gasteiger partial charge on any atom is -0.497 e. The number of rotatable bonds is 13. The van der Waals surface area contributed by atoms with Gasteiger partial charge in [0.05, 0.1) is 18.1 Å². The lowest BCUT2D eigenvalue weighted by Gasteiger charge is -2.38. The summed E-state index contributed by atoms with van der Waals surface area (Å²) in [5.74, 6) is -0.493. The summed E-state index contributed by atoms with van der Waals surface area (Å²) in [6.45, 7) is 2.82. The maximum absolute atomic E-state index is 13.9. The molecule has 1 aliphatic rings.